The third kappa shape index (κ3) is 4.24. The van der Waals surface area contributed by atoms with Crippen LogP contribution < -0.4 is 16.6 Å². The summed E-state index contributed by atoms with van der Waals surface area (Å²) >= 11 is 1.41. The van der Waals surface area contributed by atoms with E-state index in [-0.39, 0.29) is 11.9 Å². The van der Waals surface area contributed by atoms with Crippen molar-refractivity contribution in [2.45, 2.75) is 32.0 Å². The van der Waals surface area contributed by atoms with Crippen LogP contribution >= 0.6 is 11.8 Å². The van der Waals surface area contributed by atoms with Gasteiger partial charge in [-0.25, -0.2) is 15.8 Å². The van der Waals surface area contributed by atoms with Crippen LogP contribution in [-0.2, 0) is 4.79 Å². The number of nitrogens with two attached hydrogens (primary N) is 1. The molecular formula is C12H22N6OS. The highest BCUT2D eigenvalue weighted by molar-refractivity contribution is 7.98. The molecule has 1 amide bonds. The largest absolute Gasteiger partial charge is 0.358 e. The summed E-state index contributed by atoms with van der Waals surface area (Å²) in [5.41, 5.74) is 2.49. The predicted octanol–water partition coefficient (Wildman–Crippen LogP) is 1.15. The Balaban J connectivity index is 2.84. The molecule has 0 aromatic carbocycles. The lowest BCUT2D eigenvalue weighted by Gasteiger charge is -2.23. The van der Waals surface area contributed by atoms with E-state index in [0.717, 1.165) is 0 Å². The van der Waals surface area contributed by atoms with Crippen LogP contribution in [0.2, 0.25) is 0 Å². The van der Waals surface area contributed by atoms with Crippen LogP contribution in [0.25, 0.3) is 0 Å². The van der Waals surface area contributed by atoms with Gasteiger partial charge in [-0.2, -0.15) is 0 Å². The monoisotopic (exact) mass is 298 g/mol. The number of nitrogen functional groups attached to an aromatic ring is 1. The summed E-state index contributed by atoms with van der Waals surface area (Å²) in [4.78, 5) is 22.4. The fourth-order valence-electron chi connectivity index (χ4n) is 1.76. The molecule has 1 aromatic heterocycles. The van der Waals surface area contributed by atoms with Gasteiger partial charge in [0.25, 0.3) is 0 Å². The number of rotatable bonds is 7. The summed E-state index contributed by atoms with van der Waals surface area (Å²) in [5.74, 6) is 6.50. The highest BCUT2D eigenvalue weighted by atomic mass is 32.2. The van der Waals surface area contributed by atoms with E-state index in [1.54, 1.807) is 11.0 Å². The summed E-state index contributed by atoms with van der Waals surface area (Å²) in [6.07, 6.45) is 1.88. The third-order valence-electron chi connectivity index (χ3n) is 2.85. The van der Waals surface area contributed by atoms with Crippen molar-refractivity contribution in [2.75, 3.05) is 30.1 Å². The molecule has 4 N–H and O–H groups in total. The maximum atomic E-state index is 12.2. The van der Waals surface area contributed by atoms with Gasteiger partial charge in [0, 0.05) is 19.2 Å². The van der Waals surface area contributed by atoms with Crippen molar-refractivity contribution in [1.82, 2.24) is 14.9 Å². The fourth-order valence-corrected chi connectivity index (χ4v) is 2.14. The van der Waals surface area contributed by atoms with Crippen LogP contribution in [0.1, 0.15) is 20.8 Å². The minimum absolute atomic E-state index is 0.0431. The Bertz CT molecular complexity index is 429. The quantitative estimate of drug-likeness (QED) is 0.301. The van der Waals surface area contributed by atoms with Gasteiger partial charge in [0.05, 0.1) is 0 Å². The van der Waals surface area contributed by atoms with Gasteiger partial charge in [-0.15, -0.1) is 0 Å². The highest BCUT2D eigenvalue weighted by Gasteiger charge is 2.18. The number of hydrogen-bond donors (Lipinski definition) is 3. The number of hydrazine groups is 1. The van der Waals surface area contributed by atoms with Crippen LogP contribution in [0.5, 0.6) is 0 Å². The Morgan fingerprint density at radius 1 is 1.40 bits per heavy atom. The molecule has 1 heterocycles. The van der Waals surface area contributed by atoms with Crippen molar-refractivity contribution in [1.29, 1.82) is 0 Å². The van der Waals surface area contributed by atoms with Crippen LogP contribution in [0.4, 0.5) is 11.6 Å². The molecule has 0 aliphatic rings. The molecule has 0 aliphatic carbocycles. The number of likely N-dealkylation sites (N-methyl/N-ethyl adjacent to an activating group) is 1. The SMILES string of the molecule is CCN(CC)C(=O)C(C)Nc1cc(NN)nc(SC)n1. The minimum Gasteiger partial charge on any atom is -0.358 e. The average molecular weight is 298 g/mol. The molecule has 0 aliphatic heterocycles. The zero-order valence-electron chi connectivity index (χ0n) is 12.3. The molecule has 1 unspecified atom stereocenters. The fraction of sp³-hybridized carbons (Fsp3) is 0.583. The zero-order valence-corrected chi connectivity index (χ0v) is 13.1. The first-order valence-electron chi connectivity index (χ1n) is 6.50. The molecule has 0 saturated heterocycles. The molecule has 0 spiro atoms. The zero-order chi connectivity index (χ0) is 15.1. The van der Waals surface area contributed by atoms with Crippen molar-refractivity contribution >= 4 is 29.3 Å². The van der Waals surface area contributed by atoms with Crippen molar-refractivity contribution in [3.63, 3.8) is 0 Å². The smallest absolute Gasteiger partial charge is 0.244 e. The first-order chi connectivity index (χ1) is 9.55. The van der Waals surface area contributed by atoms with Crippen molar-refractivity contribution in [2.24, 2.45) is 5.84 Å². The van der Waals surface area contributed by atoms with E-state index >= 15 is 0 Å². The van der Waals surface area contributed by atoms with E-state index in [1.807, 2.05) is 27.0 Å². The number of amides is 1. The maximum Gasteiger partial charge on any atom is 0.244 e. The number of thioether (sulfide) groups is 1. The van der Waals surface area contributed by atoms with Crippen LogP contribution in [0.3, 0.4) is 0 Å². The van der Waals surface area contributed by atoms with Gasteiger partial charge in [0.15, 0.2) is 5.16 Å². The predicted molar refractivity (Wildman–Crippen MR) is 82.6 cm³/mol. The second kappa shape index (κ2) is 7.91. The maximum absolute atomic E-state index is 12.2. The molecule has 0 bridgehead atoms. The molecule has 20 heavy (non-hydrogen) atoms. The van der Waals surface area contributed by atoms with E-state index in [1.165, 1.54) is 11.8 Å². The molecule has 7 nitrogen and oxygen atoms in total. The number of nitrogens with one attached hydrogen (secondary N) is 2. The summed E-state index contributed by atoms with van der Waals surface area (Å²) in [6.45, 7) is 7.12. The lowest BCUT2D eigenvalue weighted by atomic mass is 10.2. The molecule has 1 aromatic rings. The first-order valence-corrected chi connectivity index (χ1v) is 7.73. The summed E-state index contributed by atoms with van der Waals surface area (Å²) < 4.78 is 0. The Labute approximate surface area is 123 Å². The van der Waals surface area contributed by atoms with Crippen molar-refractivity contribution in [3.8, 4) is 0 Å². The van der Waals surface area contributed by atoms with Crippen LogP contribution in [0, 0.1) is 0 Å². The molecule has 0 radical (unpaired) electrons. The van der Waals surface area contributed by atoms with Crippen LogP contribution in [-0.4, -0.2) is 46.2 Å². The number of hydrogen-bond acceptors (Lipinski definition) is 7. The molecule has 112 valence electrons. The summed E-state index contributed by atoms with van der Waals surface area (Å²) in [7, 11) is 0. The molecule has 8 heteroatoms. The van der Waals surface area contributed by atoms with Crippen LogP contribution in [0.15, 0.2) is 11.2 Å². The van der Waals surface area contributed by atoms with Gasteiger partial charge in [0.2, 0.25) is 5.91 Å². The number of carbonyl (C=O) groups is 1. The van der Waals surface area contributed by atoms with E-state index in [2.05, 4.69) is 20.7 Å². The third-order valence-corrected chi connectivity index (χ3v) is 3.39. The first kappa shape index (κ1) is 16.5. The van der Waals surface area contributed by atoms with Gasteiger partial charge in [0.1, 0.15) is 17.7 Å². The molecule has 0 fully saturated rings. The minimum atomic E-state index is -0.356. The Hall–Kier alpha value is -1.54. The lowest BCUT2D eigenvalue weighted by Crippen LogP contribution is -2.41. The average Bonchev–Trinajstić information content (AvgIpc) is 2.47. The normalized spacial score (nSPS) is 11.8. The van der Waals surface area contributed by atoms with Gasteiger partial charge in [-0.05, 0) is 27.0 Å². The Morgan fingerprint density at radius 2 is 2.00 bits per heavy atom. The molecule has 0 saturated carbocycles. The van der Waals surface area contributed by atoms with Crippen molar-refractivity contribution < 1.29 is 4.79 Å². The summed E-state index contributed by atoms with van der Waals surface area (Å²) in [6, 6.07) is 1.32. The molecular weight excluding hydrogens is 276 g/mol. The Kier molecular flexibility index (Phi) is 6.53. The van der Waals surface area contributed by atoms with E-state index in [4.69, 9.17) is 5.84 Å². The van der Waals surface area contributed by atoms with E-state index in [0.29, 0.717) is 29.9 Å². The highest BCUT2D eigenvalue weighted by Crippen LogP contribution is 2.17. The molecule has 1 rings (SSSR count). The van der Waals surface area contributed by atoms with Gasteiger partial charge < -0.3 is 15.6 Å². The lowest BCUT2D eigenvalue weighted by molar-refractivity contribution is -0.131. The topological polar surface area (TPSA) is 96.2 Å². The second-order valence-electron chi connectivity index (χ2n) is 4.15. The number of aromatic nitrogens is 2. The van der Waals surface area contributed by atoms with Gasteiger partial charge in [-0.3, -0.25) is 4.79 Å². The van der Waals surface area contributed by atoms with Crippen molar-refractivity contribution in [3.05, 3.63) is 6.07 Å². The standard InChI is InChI=1S/C12H22N6OS/c1-5-18(6-2)11(19)8(3)14-9-7-10(17-13)16-12(15-9)20-4/h7-8H,5-6,13H2,1-4H3,(H2,14,15,16,17). The second-order valence-corrected chi connectivity index (χ2v) is 4.92. The van der Waals surface area contributed by atoms with E-state index in [9.17, 15) is 4.79 Å². The number of nitrogens with zero attached hydrogens (tertiary/aromatic N) is 3. The van der Waals surface area contributed by atoms with Gasteiger partial charge >= 0.3 is 0 Å². The van der Waals surface area contributed by atoms with E-state index < -0.39 is 0 Å². The van der Waals surface area contributed by atoms with Gasteiger partial charge in [-0.1, -0.05) is 11.8 Å². The number of carbonyl (C=O) groups excluding carboxylic acids is 1. The summed E-state index contributed by atoms with van der Waals surface area (Å²) in [5, 5.41) is 3.68. The molecule has 1 atom stereocenters. The number of anilines is 2. The Morgan fingerprint density at radius 3 is 2.50 bits per heavy atom.